The number of carbonyl (C=O) groups excluding carboxylic acids is 3. The van der Waals surface area contributed by atoms with Crippen molar-refractivity contribution in [3.05, 3.63) is 65.8 Å². The number of halogens is 1. The van der Waals surface area contributed by atoms with Crippen molar-refractivity contribution in [2.24, 2.45) is 22.7 Å². The third kappa shape index (κ3) is 4.67. The van der Waals surface area contributed by atoms with E-state index in [1.165, 1.54) is 48.6 Å². The smallest absolute Gasteiger partial charge is 0.339 e. The zero-order chi connectivity index (χ0) is 32.2. The Bertz CT molecular complexity index is 1660. The van der Waals surface area contributed by atoms with Gasteiger partial charge >= 0.3 is 5.97 Å². The molecule has 10 nitrogen and oxygen atoms in total. The second kappa shape index (κ2) is 11.1. The van der Waals surface area contributed by atoms with Gasteiger partial charge in [-0.15, -0.1) is 10.2 Å². The van der Waals surface area contributed by atoms with Gasteiger partial charge in [0.2, 0.25) is 16.9 Å². The minimum absolute atomic E-state index is 0.116. The topological polar surface area (TPSA) is 160 Å². The summed E-state index contributed by atoms with van der Waals surface area (Å²) in [4.78, 5) is 39.8. The number of fused-ring (bicyclic) bond motifs is 5. The van der Waals surface area contributed by atoms with E-state index in [9.17, 15) is 29.9 Å². The van der Waals surface area contributed by atoms with Gasteiger partial charge in [0.15, 0.2) is 17.1 Å². The van der Waals surface area contributed by atoms with E-state index in [2.05, 4.69) is 10.2 Å². The first-order valence-electron chi connectivity index (χ1n) is 14.8. The first-order chi connectivity index (χ1) is 21.4. The molecule has 2 aromatic rings. The summed E-state index contributed by atoms with van der Waals surface area (Å²) >= 11 is 0.755. The molecule has 1 aromatic heterocycles. The average Bonchev–Trinajstić information content (AvgIpc) is 3.30. The van der Waals surface area contributed by atoms with Crippen molar-refractivity contribution in [3.8, 4) is 23.6 Å². The number of aromatic hydroxyl groups is 1. The molecule has 4 aliphatic rings. The largest absolute Gasteiger partial charge is 0.492 e. The lowest BCUT2D eigenvalue weighted by Crippen LogP contribution is -2.69. The zero-order valence-electron chi connectivity index (χ0n) is 24.7. The van der Waals surface area contributed by atoms with Gasteiger partial charge in [-0.3, -0.25) is 9.59 Å². The highest BCUT2D eigenvalue weighted by Gasteiger charge is 2.75. The summed E-state index contributed by atoms with van der Waals surface area (Å²) in [5.41, 5.74) is -5.35. The number of carbonyl (C=O) groups is 3. The summed E-state index contributed by atoms with van der Waals surface area (Å²) in [5, 5.41) is 37.0. The Balaban J connectivity index is 1.31. The van der Waals surface area contributed by atoms with Gasteiger partial charge < -0.3 is 19.7 Å². The molecule has 2 N–H and O–H groups in total. The Kier molecular flexibility index (Phi) is 7.61. The molecule has 0 amide bonds. The number of hydrogen-bond acceptors (Lipinski definition) is 11. The zero-order valence-corrected chi connectivity index (χ0v) is 25.6. The minimum Gasteiger partial charge on any atom is -0.492 e. The van der Waals surface area contributed by atoms with Gasteiger partial charge in [-0.25, -0.2) is 9.18 Å². The van der Waals surface area contributed by atoms with E-state index in [4.69, 9.17) is 9.47 Å². The number of rotatable bonds is 6. The highest BCUT2D eigenvalue weighted by molar-refractivity contribution is 8.14. The van der Waals surface area contributed by atoms with E-state index in [0.29, 0.717) is 30.6 Å². The molecule has 12 heteroatoms. The maximum atomic E-state index is 17.5. The quantitative estimate of drug-likeness (QED) is 0.411. The number of aromatic nitrogens is 2. The maximum Gasteiger partial charge on any atom is 0.339 e. The first kappa shape index (κ1) is 30.9. The van der Waals surface area contributed by atoms with Gasteiger partial charge in [-0.05, 0) is 81.4 Å². The molecule has 3 saturated carbocycles. The number of allylic oxidation sites excluding steroid dienone is 4. The predicted octanol–water partition coefficient (Wildman–Crippen LogP) is 5.02. The number of thioether (sulfide) groups is 1. The molecular weight excluding hydrogens is 601 g/mol. The number of nitrogens with zero attached hydrogens (tertiary/aromatic N) is 3. The van der Waals surface area contributed by atoms with Crippen LogP contribution in [-0.4, -0.2) is 60.4 Å². The third-order valence-electron chi connectivity index (χ3n) is 10.6. The van der Waals surface area contributed by atoms with E-state index in [1.54, 1.807) is 19.9 Å². The number of esters is 1. The van der Waals surface area contributed by atoms with E-state index >= 15 is 4.39 Å². The molecule has 0 spiro atoms. The van der Waals surface area contributed by atoms with Crippen molar-refractivity contribution in [1.82, 2.24) is 10.2 Å². The molecule has 0 saturated heterocycles. The van der Waals surface area contributed by atoms with Crippen LogP contribution in [0, 0.1) is 34.0 Å². The molecule has 3 fully saturated rings. The third-order valence-corrected chi connectivity index (χ3v) is 11.4. The van der Waals surface area contributed by atoms with Crippen LogP contribution in [0.4, 0.5) is 4.39 Å². The Hall–Kier alpha value is -4.08. The summed E-state index contributed by atoms with van der Waals surface area (Å²) in [5.74, 6) is -2.03. The first-order valence-corrected chi connectivity index (χ1v) is 15.8. The number of ketones is 1. The van der Waals surface area contributed by atoms with Crippen molar-refractivity contribution in [3.63, 3.8) is 0 Å². The normalized spacial score (nSPS) is 34.9. The van der Waals surface area contributed by atoms with Crippen LogP contribution in [0.25, 0.3) is 0 Å². The Morgan fingerprint density at radius 1 is 1.13 bits per heavy atom. The van der Waals surface area contributed by atoms with E-state index < -0.39 is 51.1 Å². The summed E-state index contributed by atoms with van der Waals surface area (Å²) in [7, 11) is 0. The van der Waals surface area contributed by atoms with E-state index in [1.807, 2.05) is 6.07 Å². The van der Waals surface area contributed by atoms with Crippen LogP contribution in [0.5, 0.6) is 17.5 Å². The van der Waals surface area contributed by atoms with Crippen LogP contribution in [0.15, 0.2) is 60.2 Å². The van der Waals surface area contributed by atoms with Gasteiger partial charge in [0.1, 0.15) is 5.75 Å². The summed E-state index contributed by atoms with van der Waals surface area (Å²) in [6.45, 7) is 3.51. The molecule has 4 aliphatic carbocycles. The lowest BCUT2D eigenvalue weighted by molar-refractivity contribution is -0.214. The van der Waals surface area contributed by atoms with Crippen LogP contribution < -0.4 is 4.74 Å². The van der Waals surface area contributed by atoms with Gasteiger partial charge in [0.05, 0.1) is 23.5 Å². The fourth-order valence-corrected chi connectivity index (χ4v) is 9.13. The van der Waals surface area contributed by atoms with Crippen molar-refractivity contribution < 1.29 is 38.5 Å². The highest BCUT2D eigenvalue weighted by Crippen LogP contribution is 2.70. The number of benzene rings is 1. The van der Waals surface area contributed by atoms with Crippen molar-refractivity contribution >= 4 is 28.6 Å². The molecule has 45 heavy (non-hydrogen) atoms. The lowest BCUT2D eigenvalue weighted by Gasteiger charge is -2.62. The van der Waals surface area contributed by atoms with Gasteiger partial charge in [0.25, 0.3) is 0 Å². The Morgan fingerprint density at radius 3 is 2.58 bits per heavy atom. The number of ether oxygens (including phenoxy) is 2. The maximum absolute atomic E-state index is 17.5. The molecule has 0 radical (unpaired) electrons. The second-order valence-electron chi connectivity index (χ2n) is 12.6. The number of aliphatic hydroxyl groups is 1. The van der Waals surface area contributed by atoms with Gasteiger partial charge in [-0.1, -0.05) is 30.3 Å². The minimum atomic E-state index is -2.10. The van der Waals surface area contributed by atoms with E-state index in [0.717, 1.165) is 11.8 Å². The van der Waals surface area contributed by atoms with Crippen molar-refractivity contribution in [1.29, 1.82) is 5.26 Å². The molecule has 0 unspecified atom stereocenters. The fraction of sp³-hybridized carbons (Fsp3) is 0.455. The van der Waals surface area contributed by atoms with Crippen LogP contribution in [0.1, 0.15) is 56.3 Å². The molecule has 0 bridgehead atoms. The van der Waals surface area contributed by atoms with Crippen LogP contribution >= 0.6 is 11.8 Å². The van der Waals surface area contributed by atoms with Crippen LogP contribution in [-0.2, 0) is 14.3 Å². The Labute approximate surface area is 263 Å². The van der Waals surface area contributed by atoms with Gasteiger partial charge in [-0.2, -0.15) is 5.26 Å². The number of alkyl halides is 1. The van der Waals surface area contributed by atoms with Crippen molar-refractivity contribution in [2.45, 2.75) is 63.3 Å². The second-order valence-corrected chi connectivity index (χ2v) is 13.6. The van der Waals surface area contributed by atoms with Crippen molar-refractivity contribution in [2.75, 3.05) is 5.75 Å². The van der Waals surface area contributed by atoms with Gasteiger partial charge in [0, 0.05) is 28.9 Å². The SMILES string of the molecule is C[C@]12C=CC(=O)C=C1CC[C@H]1[C@@H]3CC[C@](OC(=O)c4ccc(Oc5ccc(O)nn5)cc4)(C(=O)SCC#N)[C@@]3(C)C[C@H](O)[C@@]12F. The molecule has 6 rings (SSSR count). The standard InChI is InChI=1S/C33H32FN3O7S/c1-30-13-11-21(38)17-20(30)5-8-24-23-12-14-32(29(42)45-16-15-35,31(23,2)18-25(39)33(24,30)34)44-28(41)19-3-6-22(7-4-19)43-27-10-9-26(40)36-37-27/h3-4,6-7,9-11,13,17,23-25,39H,5,8,12,14,16,18H2,1-2H3,(H,36,40)/t23-,24-,25-,30-,31-,32-,33-/m0/s1. The number of nitriles is 1. The molecule has 0 aliphatic heterocycles. The number of hydrogen-bond donors (Lipinski definition) is 2. The van der Waals surface area contributed by atoms with E-state index in [-0.39, 0.29) is 41.7 Å². The highest BCUT2D eigenvalue weighted by atomic mass is 32.2. The molecule has 234 valence electrons. The average molecular weight is 634 g/mol. The molecule has 1 aromatic carbocycles. The lowest BCUT2D eigenvalue weighted by atomic mass is 9.45. The fourth-order valence-electron chi connectivity index (χ4n) is 8.32. The summed E-state index contributed by atoms with van der Waals surface area (Å²) in [6, 6.07) is 10.7. The molecule has 1 heterocycles. The Morgan fingerprint density at radius 2 is 1.89 bits per heavy atom. The number of aliphatic hydroxyl groups excluding tert-OH is 1. The molecule has 7 atom stereocenters. The molecular formula is C33H32FN3O7S. The van der Waals surface area contributed by atoms with Crippen LogP contribution in [0.3, 0.4) is 0 Å². The monoisotopic (exact) mass is 633 g/mol. The summed E-state index contributed by atoms with van der Waals surface area (Å²) < 4.78 is 29.3. The van der Waals surface area contributed by atoms with Crippen LogP contribution in [0.2, 0.25) is 0 Å². The predicted molar refractivity (Wildman–Crippen MR) is 160 cm³/mol. The summed E-state index contributed by atoms with van der Waals surface area (Å²) in [6.07, 6.45) is 4.06.